The number of ether oxygens (including phenoxy) is 1. The maximum atomic E-state index is 11.8. The Hall–Kier alpha value is -1.36. The Bertz CT molecular complexity index is 530. The molecule has 0 spiro atoms. The molecule has 1 fully saturated rings. The number of hydrogen-bond donors (Lipinski definition) is 1. The second kappa shape index (κ2) is 4.88. The monoisotopic (exact) mass is 279 g/mol. The molecule has 0 saturated carbocycles. The number of nitrogens with one attached hydrogen (secondary N) is 1. The van der Waals surface area contributed by atoms with Crippen molar-refractivity contribution >= 4 is 5.82 Å². The fourth-order valence-corrected chi connectivity index (χ4v) is 2.85. The predicted octanol–water partition coefficient (Wildman–Crippen LogP) is 2.29. The number of aromatic nitrogens is 2. The molecule has 1 aliphatic rings. The molecular formula is C15H25N3O2. The highest BCUT2D eigenvalue weighted by Crippen LogP contribution is 2.30. The van der Waals surface area contributed by atoms with E-state index in [9.17, 15) is 4.79 Å². The summed E-state index contributed by atoms with van der Waals surface area (Å²) in [7, 11) is 0. The largest absolute Gasteiger partial charge is 0.366 e. The number of H-pyrrole nitrogens is 1. The maximum Gasteiger partial charge on any atom is 0.252 e. The highest BCUT2D eigenvalue weighted by Gasteiger charge is 2.38. The van der Waals surface area contributed by atoms with E-state index >= 15 is 0 Å². The first-order valence-corrected chi connectivity index (χ1v) is 7.14. The SMILES string of the molecule is CC(C)c1nc(N2CC(C)(C)OC(C)(C)C2)cc(=O)[nH]1. The highest BCUT2D eigenvalue weighted by molar-refractivity contribution is 5.39. The molecule has 0 bridgehead atoms. The number of morpholine rings is 1. The second-order valence-electron chi connectivity index (χ2n) is 7.12. The van der Waals surface area contributed by atoms with Crippen LogP contribution in [0.5, 0.6) is 0 Å². The summed E-state index contributed by atoms with van der Waals surface area (Å²) in [5.41, 5.74) is -0.616. The van der Waals surface area contributed by atoms with Crippen LogP contribution >= 0.6 is 0 Å². The van der Waals surface area contributed by atoms with Crippen molar-refractivity contribution in [2.45, 2.75) is 58.7 Å². The number of hydrogen-bond acceptors (Lipinski definition) is 4. The summed E-state index contributed by atoms with van der Waals surface area (Å²) in [6.07, 6.45) is 0. The molecule has 1 aromatic heterocycles. The smallest absolute Gasteiger partial charge is 0.252 e. The van der Waals surface area contributed by atoms with Crippen LogP contribution in [-0.2, 0) is 4.74 Å². The van der Waals surface area contributed by atoms with Crippen LogP contribution < -0.4 is 10.5 Å². The van der Waals surface area contributed by atoms with Gasteiger partial charge in [-0.15, -0.1) is 0 Å². The zero-order valence-corrected chi connectivity index (χ0v) is 13.3. The Morgan fingerprint density at radius 3 is 2.30 bits per heavy atom. The van der Waals surface area contributed by atoms with E-state index in [1.54, 1.807) is 6.07 Å². The van der Waals surface area contributed by atoms with Crippen LogP contribution in [0.15, 0.2) is 10.9 Å². The highest BCUT2D eigenvalue weighted by atomic mass is 16.5. The first-order valence-electron chi connectivity index (χ1n) is 7.14. The molecule has 112 valence electrons. The third-order valence-corrected chi connectivity index (χ3v) is 3.31. The fourth-order valence-electron chi connectivity index (χ4n) is 2.85. The van der Waals surface area contributed by atoms with Crippen molar-refractivity contribution in [3.63, 3.8) is 0 Å². The molecule has 1 aliphatic heterocycles. The van der Waals surface area contributed by atoms with Gasteiger partial charge in [0, 0.05) is 25.1 Å². The van der Waals surface area contributed by atoms with Gasteiger partial charge in [0.15, 0.2) is 0 Å². The van der Waals surface area contributed by atoms with Gasteiger partial charge in [0.1, 0.15) is 11.6 Å². The molecule has 0 radical (unpaired) electrons. The Morgan fingerprint density at radius 2 is 1.80 bits per heavy atom. The number of anilines is 1. The Morgan fingerprint density at radius 1 is 1.25 bits per heavy atom. The van der Waals surface area contributed by atoms with Gasteiger partial charge >= 0.3 is 0 Å². The average molecular weight is 279 g/mol. The summed E-state index contributed by atoms with van der Waals surface area (Å²) in [6.45, 7) is 13.8. The lowest BCUT2D eigenvalue weighted by atomic mass is 9.99. The standard InChI is InChI=1S/C15H25N3O2/c1-10(2)13-16-11(7-12(19)17-13)18-8-14(3,4)20-15(5,6)9-18/h7,10H,8-9H2,1-6H3,(H,16,17,19). The van der Waals surface area contributed by atoms with Gasteiger partial charge in [-0.05, 0) is 27.7 Å². The van der Waals surface area contributed by atoms with E-state index in [-0.39, 0.29) is 22.7 Å². The molecule has 2 rings (SSSR count). The van der Waals surface area contributed by atoms with Gasteiger partial charge in [0.2, 0.25) is 0 Å². The van der Waals surface area contributed by atoms with Gasteiger partial charge in [-0.2, -0.15) is 0 Å². The van der Waals surface area contributed by atoms with Crippen molar-refractivity contribution in [3.8, 4) is 0 Å². The molecule has 5 heteroatoms. The predicted molar refractivity (Wildman–Crippen MR) is 80.4 cm³/mol. The van der Waals surface area contributed by atoms with E-state index in [0.29, 0.717) is 0 Å². The van der Waals surface area contributed by atoms with E-state index in [4.69, 9.17) is 4.74 Å². The van der Waals surface area contributed by atoms with Crippen molar-refractivity contribution in [2.75, 3.05) is 18.0 Å². The summed E-state index contributed by atoms with van der Waals surface area (Å²) < 4.78 is 6.07. The van der Waals surface area contributed by atoms with E-state index < -0.39 is 0 Å². The number of nitrogens with zero attached hydrogens (tertiary/aromatic N) is 2. The summed E-state index contributed by atoms with van der Waals surface area (Å²) in [4.78, 5) is 21.4. The van der Waals surface area contributed by atoms with Crippen LogP contribution in [0, 0.1) is 0 Å². The van der Waals surface area contributed by atoms with Crippen molar-refractivity contribution < 1.29 is 4.74 Å². The third kappa shape index (κ3) is 3.39. The molecule has 1 aromatic rings. The second-order valence-corrected chi connectivity index (χ2v) is 7.12. The Kier molecular flexibility index (Phi) is 3.67. The summed E-state index contributed by atoms with van der Waals surface area (Å²) in [5.74, 6) is 1.67. The van der Waals surface area contributed by atoms with E-state index in [2.05, 4.69) is 42.6 Å². The van der Waals surface area contributed by atoms with Crippen LogP contribution in [0.1, 0.15) is 53.3 Å². The zero-order chi connectivity index (χ0) is 15.1. The zero-order valence-electron chi connectivity index (χ0n) is 13.3. The first-order chi connectivity index (χ1) is 9.08. The number of aromatic amines is 1. The minimum atomic E-state index is -0.260. The molecule has 0 aliphatic carbocycles. The molecule has 0 unspecified atom stereocenters. The van der Waals surface area contributed by atoms with Gasteiger partial charge < -0.3 is 14.6 Å². The molecule has 0 amide bonds. The minimum Gasteiger partial charge on any atom is -0.366 e. The molecule has 2 heterocycles. The normalized spacial score (nSPS) is 21.2. The van der Waals surface area contributed by atoms with Crippen molar-refractivity contribution in [1.82, 2.24) is 9.97 Å². The summed E-state index contributed by atoms with van der Waals surface area (Å²) in [6, 6.07) is 1.57. The van der Waals surface area contributed by atoms with Crippen LogP contribution in [-0.4, -0.2) is 34.3 Å². The van der Waals surface area contributed by atoms with Crippen molar-refractivity contribution in [2.24, 2.45) is 0 Å². The van der Waals surface area contributed by atoms with Crippen LogP contribution in [0.4, 0.5) is 5.82 Å². The van der Waals surface area contributed by atoms with Crippen LogP contribution in [0.2, 0.25) is 0 Å². The van der Waals surface area contributed by atoms with Crippen LogP contribution in [0.3, 0.4) is 0 Å². The van der Waals surface area contributed by atoms with Gasteiger partial charge in [-0.3, -0.25) is 4.79 Å². The van der Waals surface area contributed by atoms with Gasteiger partial charge in [-0.25, -0.2) is 4.98 Å². The lowest BCUT2D eigenvalue weighted by Crippen LogP contribution is -2.57. The van der Waals surface area contributed by atoms with Crippen LogP contribution in [0.25, 0.3) is 0 Å². The average Bonchev–Trinajstić information content (AvgIpc) is 2.23. The first kappa shape index (κ1) is 15.0. The summed E-state index contributed by atoms with van der Waals surface area (Å²) >= 11 is 0. The number of rotatable bonds is 2. The quantitative estimate of drug-likeness (QED) is 0.902. The Labute approximate surface area is 120 Å². The van der Waals surface area contributed by atoms with Crippen molar-refractivity contribution in [3.05, 3.63) is 22.2 Å². The Balaban J connectivity index is 2.38. The lowest BCUT2D eigenvalue weighted by molar-refractivity contribution is -0.133. The van der Waals surface area contributed by atoms with E-state index in [1.807, 2.05) is 13.8 Å². The molecule has 0 aromatic carbocycles. The lowest BCUT2D eigenvalue weighted by Gasteiger charge is -2.47. The molecule has 20 heavy (non-hydrogen) atoms. The third-order valence-electron chi connectivity index (χ3n) is 3.31. The minimum absolute atomic E-state index is 0.0965. The fraction of sp³-hybridized carbons (Fsp3) is 0.733. The maximum absolute atomic E-state index is 11.8. The molecule has 0 atom stereocenters. The molecule has 1 saturated heterocycles. The van der Waals surface area contributed by atoms with Gasteiger partial charge in [-0.1, -0.05) is 13.8 Å². The van der Waals surface area contributed by atoms with Gasteiger partial charge in [0.25, 0.3) is 5.56 Å². The van der Waals surface area contributed by atoms with E-state index in [0.717, 1.165) is 24.7 Å². The topological polar surface area (TPSA) is 58.2 Å². The molecule has 5 nitrogen and oxygen atoms in total. The molecule has 1 N–H and O–H groups in total. The summed E-state index contributed by atoms with van der Waals surface area (Å²) in [5, 5.41) is 0. The van der Waals surface area contributed by atoms with Crippen molar-refractivity contribution in [1.29, 1.82) is 0 Å². The van der Waals surface area contributed by atoms with E-state index in [1.165, 1.54) is 0 Å². The molecular weight excluding hydrogens is 254 g/mol. The van der Waals surface area contributed by atoms with Gasteiger partial charge in [0.05, 0.1) is 11.2 Å².